The van der Waals surface area contributed by atoms with Gasteiger partial charge in [-0.2, -0.15) is 0 Å². The minimum atomic E-state index is -0.303. The fourth-order valence-corrected chi connectivity index (χ4v) is 4.47. The zero-order valence-corrected chi connectivity index (χ0v) is 23.6. The number of rotatable bonds is 16. The molecule has 0 saturated heterocycles. The number of unbranched alkanes of at least 4 members (excludes halogenated alkanes) is 6. The maximum absolute atomic E-state index is 13.2. The Hall–Kier alpha value is -3.94. The van der Waals surface area contributed by atoms with Crippen molar-refractivity contribution in [3.05, 3.63) is 58.7 Å². The first kappa shape index (κ1) is 30.6. The highest BCUT2D eigenvalue weighted by molar-refractivity contribution is 6.29. The van der Waals surface area contributed by atoms with Crippen LogP contribution in [0, 0.1) is 0 Å². The molecule has 2 amide bonds. The van der Waals surface area contributed by atoms with Crippen molar-refractivity contribution in [1.82, 2.24) is 0 Å². The molecule has 2 aromatic carbocycles. The average molecular weight is 545 g/mol. The van der Waals surface area contributed by atoms with E-state index in [9.17, 15) is 19.2 Å². The average Bonchev–Trinajstić information content (AvgIpc) is 2.95. The van der Waals surface area contributed by atoms with Crippen LogP contribution in [0.4, 0.5) is 11.4 Å². The third kappa shape index (κ3) is 9.07. The van der Waals surface area contributed by atoms with Crippen molar-refractivity contribution in [3.63, 3.8) is 0 Å². The molecule has 0 aliphatic heterocycles. The molecule has 0 atom stereocenters. The van der Waals surface area contributed by atoms with E-state index in [1.807, 2.05) is 0 Å². The Balaban J connectivity index is 1.57. The van der Waals surface area contributed by atoms with Gasteiger partial charge in [0.2, 0.25) is 11.8 Å². The molecule has 1 aliphatic carbocycles. The fraction of sp³-hybridized carbons (Fsp3) is 0.438. The number of carbonyl (C=O) groups is 4. The van der Waals surface area contributed by atoms with Crippen LogP contribution in [0.3, 0.4) is 0 Å². The lowest BCUT2D eigenvalue weighted by molar-refractivity contribution is -0.115. The van der Waals surface area contributed by atoms with Gasteiger partial charge in [-0.15, -0.1) is 0 Å². The molecule has 212 valence electrons. The summed E-state index contributed by atoms with van der Waals surface area (Å²) < 4.78 is 0. The van der Waals surface area contributed by atoms with Gasteiger partial charge >= 0.3 is 0 Å². The summed E-state index contributed by atoms with van der Waals surface area (Å²) in [6, 6.07) is 9.41. The molecular weight excluding hydrogens is 504 g/mol. The number of nitrogens with one attached hydrogen (secondary N) is 2. The number of nitrogens with zero attached hydrogens (tertiary/aromatic N) is 2. The third-order valence-corrected chi connectivity index (χ3v) is 6.68. The molecule has 0 saturated carbocycles. The largest absolute Gasteiger partial charge is 0.326 e. The normalized spacial score (nSPS) is 12.6. The predicted octanol–water partition coefficient (Wildman–Crippen LogP) is 6.42. The van der Waals surface area contributed by atoms with E-state index in [1.54, 1.807) is 36.7 Å². The topological polar surface area (TPSA) is 117 Å². The molecule has 0 radical (unpaired) electrons. The molecule has 40 heavy (non-hydrogen) atoms. The van der Waals surface area contributed by atoms with E-state index in [-0.39, 0.29) is 58.5 Å². The van der Waals surface area contributed by atoms with Crippen molar-refractivity contribution in [2.45, 2.75) is 78.1 Å². The number of carbonyl (C=O) groups excluding carboxylic acids is 4. The summed E-state index contributed by atoms with van der Waals surface area (Å²) in [5, 5.41) is 5.55. The van der Waals surface area contributed by atoms with E-state index in [2.05, 4.69) is 34.5 Å². The number of amides is 2. The molecule has 2 N–H and O–H groups in total. The summed E-state index contributed by atoms with van der Waals surface area (Å²) in [7, 11) is 0. The summed E-state index contributed by atoms with van der Waals surface area (Å²) >= 11 is 0. The van der Waals surface area contributed by atoms with E-state index >= 15 is 0 Å². The Kier molecular flexibility index (Phi) is 12.4. The van der Waals surface area contributed by atoms with Gasteiger partial charge in [-0.3, -0.25) is 29.2 Å². The van der Waals surface area contributed by atoms with Gasteiger partial charge in [-0.25, -0.2) is 0 Å². The van der Waals surface area contributed by atoms with Gasteiger partial charge in [0, 0.05) is 59.1 Å². The number of benzene rings is 2. The minimum Gasteiger partial charge on any atom is -0.326 e. The zero-order valence-electron chi connectivity index (χ0n) is 23.6. The van der Waals surface area contributed by atoms with Gasteiger partial charge in [-0.05, 0) is 49.2 Å². The number of aliphatic imine (C=N–C) groups is 2. The zero-order chi connectivity index (χ0) is 28.7. The predicted molar refractivity (Wildman–Crippen MR) is 161 cm³/mol. The van der Waals surface area contributed by atoms with Crippen molar-refractivity contribution in [2.24, 2.45) is 9.98 Å². The van der Waals surface area contributed by atoms with Gasteiger partial charge in [0.1, 0.15) is 0 Å². The van der Waals surface area contributed by atoms with Crippen LogP contribution in [0.15, 0.2) is 46.4 Å². The van der Waals surface area contributed by atoms with E-state index in [0.29, 0.717) is 24.5 Å². The molecule has 0 spiro atoms. The molecule has 8 nitrogen and oxygen atoms in total. The lowest BCUT2D eigenvalue weighted by Gasteiger charge is -2.19. The maximum atomic E-state index is 13.2. The Bertz CT molecular complexity index is 1170. The number of hydrogen-bond acceptors (Lipinski definition) is 6. The number of anilines is 2. The highest BCUT2D eigenvalue weighted by Gasteiger charge is 2.30. The Morgan fingerprint density at radius 2 is 1.05 bits per heavy atom. The lowest BCUT2D eigenvalue weighted by atomic mass is 9.83. The van der Waals surface area contributed by atoms with Crippen LogP contribution in [-0.2, 0) is 9.59 Å². The molecule has 2 aromatic rings. The van der Waals surface area contributed by atoms with Crippen molar-refractivity contribution in [1.29, 1.82) is 0 Å². The van der Waals surface area contributed by atoms with E-state index in [0.717, 1.165) is 25.7 Å². The standard InChI is InChI=1S/C32H40N4O4/c1-3-5-7-9-17-33-19-15-29(37)35-23-11-13-25-27(21-23)31(39)26-14-12-24(22-28(26)32(25)40)36-30(38)16-20-34-18-10-8-6-4-2/h11-14,19-22H,3-10,15-18H2,1-2H3,(H,35,37)(H,36,38). The first-order valence-electron chi connectivity index (χ1n) is 14.4. The van der Waals surface area contributed by atoms with Gasteiger partial charge in [0.15, 0.2) is 11.6 Å². The van der Waals surface area contributed by atoms with Crippen molar-refractivity contribution in [2.75, 3.05) is 23.7 Å². The summed E-state index contributed by atoms with van der Waals surface area (Å²) in [5.74, 6) is -1.09. The quantitative estimate of drug-likeness (QED) is 0.160. The summed E-state index contributed by atoms with van der Waals surface area (Å²) in [6.07, 6.45) is 12.5. The van der Waals surface area contributed by atoms with Crippen LogP contribution < -0.4 is 10.6 Å². The smallest absolute Gasteiger partial charge is 0.229 e. The Labute approximate surface area is 236 Å². The molecule has 0 bridgehead atoms. The Morgan fingerprint density at radius 1 is 0.625 bits per heavy atom. The highest BCUT2D eigenvalue weighted by Crippen LogP contribution is 2.31. The first-order chi connectivity index (χ1) is 19.4. The molecule has 0 fully saturated rings. The van der Waals surface area contributed by atoms with E-state index in [4.69, 9.17) is 0 Å². The number of ketones is 2. The number of hydrogen-bond donors (Lipinski definition) is 2. The maximum Gasteiger partial charge on any atom is 0.229 e. The van der Waals surface area contributed by atoms with Gasteiger partial charge in [-0.1, -0.05) is 52.4 Å². The van der Waals surface area contributed by atoms with Crippen LogP contribution in [0.5, 0.6) is 0 Å². The minimum absolute atomic E-state index is 0.139. The number of fused-ring (bicyclic) bond motifs is 2. The second kappa shape index (κ2) is 16.2. The second-order valence-electron chi connectivity index (χ2n) is 9.98. The lowest BCUT2D eigenvalue weighted by Crippen LogP contribution is -2.22. The highest BCUT2D eigenvalue weighted by atomic mass is 16.2. The molecule has 1 aliphatic rings. The molecule has 8 heteroatoms. The van der Waals surface area contributed by atoms with Crippen LogP contribution >= 0.6 is 0 Å². The van der Waals surface area contributed by atoms with Crippen LogP contribution in [0.1, 0.15) is 110 Å². The summed E-state index contributed by atoms with van der Waals surface area (Å²) in [6.45, 7) is 5.73. The SMILES string of the molecule is CCCCCCN=CCC(=O)Nc1ccc2c(c1)C(=O)c1ccc(NC(=O)CC=NCCCCCC)cc1C2=O. The molecule has 0 aromatic heterocycles. The molecule has 0 heterocycles. The Morgan fingerprint density at radius 3 is 1.45 bits per heavy atom. The molecule has 0 unspecified atom stereocenters. The second-order valence-corrected chi connectivity index (χ2v) is 9.98. The van der Waals surface area contributed by atoms with Crippen LogP contribution in [0.25, 0.3) is 0 Å². The van der Waals surface area contributed by atoms with Crippen LogP contribution in [0.2, 0.25) is 0 Å². The van der Waals surface area contributed by atoms with Crippen molar-refractivity contribution in [3.8, 4) is 0 Å². The van der Waals surface area contributed by atoms with Crippen molar-refractivity contribution >= 4 is 47.2 Å². The molecule has 3 rings (SSSR count). The summed E-state index contributed by atoms with van der Waals surface area (Å²) in [4.78, 5) is 59.7. The third-order valence-electron chi connectivity index (χ3n) is 6.68. The molecular formula is C32H40N4O4. The van der Waals surface area contributed by atoms with Gasteiger partial charge < -0.3 is 10.6 Å². The van der Waals surface area contributed by atoms with Gasteiger partial charge in [0.05, 0.1) is 12.8 Å². The van der Waals surface area contributed by atoms with Crippen molar-refractivity contribution < 1.29 is 19.2 Å². The van der Waals surface area contributed by atoms with Gasteiger partial charge in [0.25, 0.3) is 0 Å². The van der Waals surface area contributed by atoms with E-state index < -0.39 is 0 Å². The summed E-state index contributed by atoms with van der Waals surface area (Å²) in [5.41, 5.74) is 1.91. The first-order valence-corrected chi connectivity index (χ1v) is 14.4. The van der Waals surface area contributed by atoms with E-state index in [1.165, 1.54) is 37.8 Å². The van der Waals surface area contributed by atoms with Crippen LogP contribution in [-0.4, -0.2) is 48.9 Å². The fourth-order valence-electron chi connectivity index (χ4n) is 4.47. The monoisotopic (exact) mass is 544 g/mol.